The van der Waals surface area contributed by atoms with Crippen molar-refractivity contribution in [2.75, 3.05) is 19.0 Å². The minimum atomic E-state index is -0.352. The van der Waals surface area contributed by atoms with Crippen LogP contribution < -0.4 is 14.8 Å². The van der Waals surface area contributed by atoms with E-state index in [4.69, 9.17) is 9.47 Å². The second kappa shape index (κ2) is 8.53. The molecule has 0 heterocycles. The summed E-state index contributed by atoms with van der Waals surface area (Å²) in [4.78, 5) is 11.9. The van der Waals surface area contributed by atoms with Gasteiger partial charge in [-0.05, 0) is 48.0 Å². The van der Waals surface area contributed by atoms with Crippen LogP contribution in [0.4, 0.5) is 10.1 Å². The van der Waals surface area contributed by atoms with Gasteiger partial charge in [0, 0.05) is 11.8 Å². The molecule has 0 radical (unpaired) electrons. The van der Waals surface area contributed by atoms with E-state index in [1.807, 2.05) is 6.07 Å². The molecular weight excluding hydrogens is 309 g/mol. The number of ether oxygens (including phenoxy) is 2. The predicted octanol–water partition coefficient (Wildman–Crippen LogP) is 4.05. The number of hydrogen-bond acceptors (Lipinski definition) is 3. The molecule has 0 aliphatic heterocycles. The quantitative estimate of drug-likeness (QED) is 0.616. The number of carbonyl (C=O) groups is 1. The third-order valence-corrected chi connectivity index (χ3v) is 3.08. The highest BCUT2D eigenvalue weighted by Crippen LogP contribution is 2.28. The summed E-state index contributed by atoms with van der Waals surface area (Å²) in [6.07, 6.45) is 4.69. The third kappa shape index (κ3) is 4.98. The molecule has 1 amide bonds. The normalized spacial score (nSPS) is 10.4. The van der Waals surface area contributed by atoms with Gasteiger partial charge in [-0.3, -0.25) is 4.79 Å². The number of carbonyl (C=O) groups excluding carboxylic acids is 1. The average Bonchev–Trinajstić information content (AvgIpc) is 2.60. The smallest absolute Gasteiger partial charge is 0.248 e. The van der Waals surface area contributed by atoms with E-state index in [0.717, 1.165) is 5.56 Å². The molecule has 0 unspecified atom stereocenters. The van der Waals surface area contributed by atoms with Crippen LogP contribution in [0.5, 0.6) is 11.5 Å². The largest absolute Gasteiger partial charge is 0.493 e. The molecule has 0 aliphatic rings. The molecule has 124 valence electrons. The van der Waals surface area contributed by atoms with E-state index >= 15 is 0 Å². The second-order valence-electron chi connectivity index (χ2n) is 4.84. The van der Waals surface area contributed by atoms with Crippen molar-refractivity contribution in [3.63, 3.8) is 0 Å². The number of benzene rings is 2. The zero-order valence-electron chi connectivity index (χ0n) is 13.3. The first-order chi connectivity index (χ1) is 11.6. The van der Waals surface area contributed by atoms with E-state index in [9.17, 15) is 9.18 Å². The lowest BCUT2D eigenvalue weighted by molar-refractivity contribution is -0.111. The number of amides is 1. The van der Waals surface area contributed by atoms with Crippen LogP contribution in [0.15, 0.2) is 61.2 Å². The van der Waals surface area contributed by atoms with Crippen LogP contribution in [0.1, 0.15) is 5.56 Å². The summed E-state index contributed by atoms with van der Waals surface area (Å²) in [6.45, 7) is 3.98. The molecule has 0 atom stereocenters. The Morgan fingerprint density at radius 2 is 1.96 bits per heavy atom. The summed E-state index contributed by atoms with van der Waals surface area (Å²) in [5, 5.41) is 2.65. The zero-order chi connectivity index (χ0) is 17.4. The predicted molar refractivity (Wildman–Crippen MR) is 92.7 cm³/mol. The van der Waals surface area contributed by atoms with Gasteiger partial charge in [-0.15, -0.1) is 0 Å². The second-order valence-corrected chi connectivity index (χ2v) is 4.84. The topological polar surface area (TPSA) is 47.6 Å². The molecule has 2 rings (SSSR count). The van der Waals surface area contributed by atoms with Gasteiger partial charge in [0.2, 0.25) is 5.91 Å². The minimum Gasteiger partial charge on any atom is -0.493 e. The van der Waals surface area contributed by atoms with Gasteiger partial charge in [-0.1, -0.05) is 18.7 Å². The van der Waals surface area contributed by atoms with Crippen LogP contribution in [-0.4, -0.2) is 19.6 Å². The van der Waals surface area contributed by atoms with Gasteiger partial charge in [0.05, 0.1) is 7.11 Å². The number of halogens is 1. The lowest BCUT2D eigenvalue weighted by Gasteiger charge is -2.09. The van der Waals surface area contributed by atoms with Crippen molar-refractivity contribution >= 4 is 17.7 Å². The van der Waals surface area contributed by atoms with Crippen molar-refractivity contribution in [1.29, 1.82) is 0 Å². The lowest BCUT2D eigenvalue weighted by atomic mass is 10.2. The molecule has 5 heteroatoms. The molecule has 0 aliphatic carbocycles. The van der Waals surface area contributed by atoms with Crippen LogP contribution >= 0.6 is 0 Å². The van der Waals surface area contributed by atoms with Crippen LogP contribution in [-0.2, 0) is 4.79 Å². The molecule has 4 nitrogen and oxygen atoms in total. The lowest BCUT2D eigenvalue weighted by Crippen LogP contribution is -2.07. The highest BCUT2D eigenvalue weighted by molar-refractivity contribution is 6.01. The maximum atomic E-state index is 12.8. The molecule has 24 heavy (non-hydrogen) atoms. The van der Waals surface area contributed by atoms with Gasteiger partial charge in [0.1, 0.15) is 12.4 Å². The highest BCUT2D eigenvalue weighted by Gasteiger charge is 2.04. The Morgan fingerprint density at radius 3 is 2.62 bits per heavy atom. The van der Waals surface area contributed by atoms with E-state index in [2.05, 4.69) is 11.9 Å². The Morgan fingerprint density at radius 1 is 1.21 bits per heavy atom. The van der Waals surface area contributed by atoms with Crippen LogP contribution in [0.3, 0.4) is 0 Å². The number of nitrogens with one attached hydrogen (secondary N) is 1. The standard InChI is InChI=1S/C19H18FNO3/c1-3-12-24-17-10-4-14(13-18(17)23-2)5-11-19(22)21-16-8-6-15(20)7-9-16/h3-11,13H,1,12H2,2H3,(H,21,22)/b11-5+. The number of hydrogen-bond donors (Lipinski definition) is 1. The Hall–Kier alpha value is -3.08. The molecule has 0 aromatic heterocycles. The average molecular weight is 327 g/mol. The fourth-order valence-electron chi connectivity index (χ4n) is 1.94. The first-order valence-electron chi connectivity index (χ1n) is 7.28. The van der Waals surface area contributed by atoms with Crippen LogP contribution in [0.25, 0.3) is 6.08 Å². The zero-order valence-corrected chi connectivity index (χ0v) is 13.3. The number of anilines is 1. The number of rotatable bonds is 7. The molecular formula is C19H18FNO3. The van der Waals surface area contributed by atoms with E-state index in [1.165, 1.54) is 30.3 Å². The summed E-state index contributed by atoms with van der Waals surface area (Å²) < 4.78 is 23.6. The van der Waals surface area contributed by atoms with Gasteiger partial charge in [-0.2, -0.15) is 0 Å². The Labute approximate surface area is 140 Å². The summed E-state index contributed by atoms with van der Waals surface area (Å²) in [7, 11) is 1.55. The fourth-order valence-corrected chi connectivity index (χ4v) is 1.94. The molecule has 2 aromatic carbocycles. The monoisotopic (exact) mass is 327 g/mol. The maximum Gasteiger partial charge on any atom is 0.248 e. The Balaban J connectivity index is 2.03. The van der Waals surface area contributed by atoms with Crippen molar-refractivity contribution in [3.8, 4) is 11.5 Å². The summed E-state index contributed by atoms with van der Waals surface area (Å²) >= 11 is 0. The summed E-state index contributed by atoms with van der Waals surface area (Å²) in [5.41, 5.74) is 1.31. The van der Waals surface area contributed by atoms with Crippen molar-refractivity contribution in [3.05, 3.63) is 72.6 Å². The molecule has 0 saturated heterocycles. The van der Waals surface area contributed by atoms with Crippen LogP contribution in [0.2, 0.25) is 0 Å². The van der Waals surface area contributed by atoms with Gasteiger partial charge in [0.25, 0.3) is 0 Å². The summed E-state index contributed by atoms with van der Waals surface area (Å²) in [5.74, 6) is 0.505. The number of methoxy groups -OCH3 is 1. The SMILES string of the molecule is C=CCOc1ccc(/C=C/C(=O)Nc2ccc(F)cc2)cc1OC. The molecule has 1 N–H and O–H groups in total. The maximum absolute atomic E-state index is 12.8. The van der Waals surface area contributed by atoms with E-state index < -0.39 is 0 Å². The van der Waals surface area contributed by atoms with E-state index in [-0.39, 0.29) is 11.7 Å². The molecule has 0 saturated carbocycles. The van der Waals surface area contributed by atoms with Crippen molar-refractivity contribution < 1.29 is 18.7 Å². The van der Waals surface area contributed by atoms with E-state index in [1.54, 1.807) is 31.4 Å². The van der Waals surface area contributed by atoms with E-state index in [0.29, 0.717) is 23.8 Å². The fraction of sp³-hybridized carbons (Fsp3) is 0.105. The van der Waals surface area contributed by atoms with Gasteiger partial charge in [0.15, 0.2) is 11.5 Å². The van der Waals surface area contributed by atoms with Crippen molar-refractivity contribution in [2.45, 2.75) is 0 Å². The Kier molecular flexibility index (Phi) is 6.14. The first-order valence-corrected chi connectivity index (χ1v) is 7.28. The Bertz CT molecular complexity index is 739. The van der Waals surface area contributed by atoms with Crippen molar-refractivity contribution in [1.82, 2.24) is 0 Å². The molecule has 0 bridgehead atoms. The first kappa shape index (κ1) is 17.3. The molecule has 0 spiro atoms. The van der Waals surface area contributed by atoms with Crippen LogP contribution in [0, 0.1) is 5.82 Å². The minimum absolute atomic E-state index is 0.312. The third-order valence-electron chi connectivity index (χ3n) is 3.08. The molecule has 2 aromatic rings. The van der Waals surface area contributed by atoms with Gasteiger partial charge < -0.3 is 14.8 Å². The molecule has 0 fully saturated rings. The summed E-state index contributed by atoms with van der Waals surface area (Å²) in [6, 6.07) is 10.9. The van der Waals surface area contributed by atoms with Gasteiger partial charge in [-0.25, -0.2) is 4.39 Å². The highest BCUT2D eigenvalue weighted by atomic mass is 19.1. The van der Waals surface area contributed by atoms with Crippen molar-refractivity contribution in [2.24, 2.45) is 0 Å². The van der Waals surface area contributed by atoms with Gasteiger partial charge >= 0.3 is 0 Å².